The lowest BCUT2D eigenvalue weighted by Crippen LogP contribution is -2.22. The fraction of sp³-hybridized carbons (Fsp3) is 0.125. The first-order valence-corrected chi connectivity index (χ1v) is 8.53. The first-order valence-electron chi connectivity index (χ1n) is 7.65. The number of H-pyrrole nitrogens is 2. The smallest absolute Gasteiger partial charge is 0.323 e. The standard InChI is InChI=1S/C16H13N5O4S/c1-8(26-16-21-20-14(25-16)12-3-2-6-24-12)13(22)17-9-4-5-10-11(7-9)19-15(23)18-10/h2-8H,1H3,(H,17,22)(H2,18,19,23)/t8-/m0/s1. The third-order valence-corrected chi connectivity index (χ3v) is 4.50. The summed E-state index contributed by atoms with van der Waals surface area (Å²) >= 11 is 1.14. The second-order valence-corrected chi connectivity index (χ2v) is 6.73. The Hall–Kier alpha value is -3.27. The zero-order chi connectivity index (χ0) is 18.1. The largest absolute Gasteiger partial charge is 0.459 e. The van der Waals surface area contributed by atoms with E-state index in [4.69, 9.17) is 8.83 Å². The van der Waals surface area contributed by atoms with Crippen LogP contribution in [0.15, 0.2) is 55.4 Å². The predicted molar refractivity (Wildman–Crippen MR) is 94.9 cm³/mol. The number of aromatic nitrogens is 4. The number of carbonyl (C=O) groups is 1. The molecule has 10 heteroatoms. The van der Waals surface area contributed by atoms with Crippen molar-refractivity contribution in [1.82, 2.24) is 20.2 Å². The third-order valence-electron chi connectivity index (χ3n) is 3.57. The zero-order valence-electron chi connectivity index (χ0n) is 13.5. The number of thioether (sulfide) groups is 1. The Bertz CT molecular complexity index is 1110. The second-order valence-electron chi connectivity index (χ2n) is 5.44. The number of nitrogens with one attached hydrogen (secondary N) is 3. The Kier molecular flexibility index (Phi) is 4.09. The fourth-order valence-electron chi connectivity index (χ4n) is 2.32. The number of carbonyl (C=O) groups excluding carboxylic acids is 1. The van der Waals surface area contributed by atoms with Crippen LogP contribution >= 0.6 is 11.8 Å². The van der Waals surface area contributed by atoms with Gasteiger partial charge in [0.15, 0.2) is 5.76 Å². The van der Waals surface area contributed by atoms with E-state index in [0.29, 0.717) is 22.5 Å². The number of rotatable bonds is 5. The number of fused-ring (bicyclic) bond motifs is 1. The average Bonchev–Trinajstić information content (AvgIpc) is 3.33. The van der Waals surface area contributed by atoms with Crippen LogP contribution in [0.2, 0.25) is 0 Å². The maximum absolute atomic E-state index is 12.4. The van der Waals surface area contributed by atoms with E-state index in [9.17, 15) is 9.59 Å². The number of anilines is 1. The van der Waals surface area contributed by atoms with Crippen LogP contribution in [0.4, 0.5) is 5.69 Å². The van der Waals surface area contributed by atoms with Crippen LogP contribution in [0.25, 0.3) is 22.7 Å². The van der Waals surface area contributed by atoms with Crippen molar-refractivity contribution in [3.05, 3.63) is 47.1 Å². The SMILES string of the molecule is C[C@H](Sc1nnc(-c2ccco2)o1)C(=O)Nc1ccc2[nH]c(=O)[nH]c2c1. The highest BCUT2D eigenvalue weighted by atomic mass is 32.2. The van der Waals surface area contributed by atoms with Crippen molar-refractivity contribution in [2.45, 2.75) is 17.4 Å². The lowest BCUT2D eigenvalue weighted by atomic mass is 10.2. The number of aromatic amines is 2. The van der Waals surface area contributed by atoms with E-state index in [-0.39, 0.29) is 22.7 Å². The van der Waals surface area contributed by atoms with Gasteiger partial charge < -0.3 is 24.1 Å². The Morgan fingerprint density at radius 3 is 2.88 bits per heavy atom. The summed E-state index contributed by atoms with van der Waals surface area (Å²) in [7, 11) is 0. The third kappa shape index (κ3) is 3.26. The maximum Gasteiger partial charge on any atom is 0.323 e. The van der Waals surface area contributed by atoms with Gasteiger partial charge in [0, 0.05) is 5.69 Å². The molecule has 1 aromatic carbocycles. The van der Waals surface area contributed by atoms with Crippen molar-refractivity contribution in [2.75, 3.05) is 5.32 Å². The van der Waals surface area contributed by atoms with Gasteiger partial charge in [0.1, 0.15) is 0 Å². The van der Waals surface area contributed by atoms with Crippen LogP contribution in [0.1, 0.15) is 6.92 Å². The summed E-state index contributed by atoms with van der Waals surface area (Å²) in [5.74, 6) is 0.493. The van der Waals surface area contributed by atoms with Gasteiger partial charge >= 0.3 is 5.69 Å². The normalized spacial score (nSPS) is 12.3. The van der Waals surface area contributed by atoms with E-state index in [1.807, 2.05) is 0 Å². The van der Waals surface area contributed by atoms with E-state index in [2.05, 4.69) is 25.5 Å². The molecule has 0 spiro atoms. The summed E-state index contributed by atoms with van der Waals surface area (Å²) in [6.45, 7) is 1.73. The molecule has 4 rings (SSSR count). The number of amides is 1. The summed E-state index contributed by atoms with van der Waals surface area (Å²) in [5.41, 5.74) is 1.57. The molecule has 132 valence electrons. The van der Waals surface area contributed by atoms with Gasteiger partial charge in [0.2, 0.25) is 5.91 Å². The van der Waals surface area contributed by atoms with Gasteiger partial charge in [-0.05, 0) is 37.3 Å². The molecule has 0 aliphatic carbocycles. The summed E-state index contributed by atoms with van der Waals surface area (Å²) in [4.78, 5) is 29.0. The minimum Gasteiger partial charge on any atom is -0.459 e. The van der Waals surface area contributed by atoms with E-state index in [0.717, 1.165) is 11.8 Å². The van der Waals surface area contributed by atoms with Crippen LogP contribution in [0.3, 0.4) is 0 Å². The number of imidazole rings is 1. The van der Waals surface area contributed by atoms with Crippen molar-refractivity contribution < 1.29 is 13.6 Å². The minimum absolute atomic E-state index is 0.231. The topological polar surface area (TPSA) is 130 Å². The van der Waals surface area contributed by atoms with E-state index >= 15 is 0 Å². The highest BCUT2D eigenvalue weighted by Crippen LogP contribution is 2.27. The van der Waals surface area contributed by atoms with Gasteiger partial charge in [0.05, 0.1) is 22.5 Å². The van der Waals surface area contributed by atoms with Crippen LogP contribution < -0.4 is 11.0 Å². The zero-order valence-corrected chi connectivity index (χ0v) is 14.3. The van der Waals surface area contributed by atoms with Crippen molar-refractivity contribution in [3.8, 4) is 11.7 Å². The number of benzene rings is 1. The quantitative estimate of drug-likeness (QED) is 0.460. The van der Waals surface area contributed by atoms with Gasteiger partial charge in [0.25, 0.3) is 11.1 Å². The molecule has 0 radical (unpaired) electrons. The molecular formula is C16H13N5O4S. The average molecular weight is 371 g/mol. The molecule has 0 bridgehead atoms. The van der Waals surface area contributed by atoms with Crippen molar-refractivity contribution in [2.24, 2.45) is 0 Å². The van der Waals surface area contributed by atoms with Crippen LogP contribution in [-0.2, 0) is 4.79 Å². The summed E-state index contributed by atoms with van der Waals surface area (Å²) in [5, 5.41) is 10.4. The number of hydrogen-bond donors (Lipinski definition) is 3. The van der Waals surface area contributed by atoms with E-state index in [1.165, 1.54) is 6.26 Å². The predicted octanol–water partition coefficient (Wildman–Crippen LogP) is 2.62. The molecule has 0 aliphatic heterocycles. The van der Waals surface area contributed by atoms with Crippen molar-refractivity contribution in [3.63, 3.8) is 0 Å². The van der Waals surface area contributed by atoms with Gasteiger partial charge in [-0.25, -0.2) is 4.79 Å². The molecular weight excluding hydrogens is 358 g/mol. The molecule has 0 saturated carbocycles. The van der Waals surface area contributed by atoms with E-state index < -0.39 is 5.25 Å². The lowest BCUT2D eigenvalue weighted by molar-refractivity contribution is -0.115. The molecule has 4 aromatic rings. The van der Waals surface area contributed by atoms with Crippen LogP contribution in [0.5, 0.6) is 0 Å². The van der Waals surface area contributed by atoms with Crippen LogP contribution in [0, 0.1) is 0 Å². The molecule has 3 aromatic heterocycles. The summed E-state index contributed by atoms with van der Waals surface area (Å²) < 4.78 is 10.7. The molecule has 9 nitrogen and oxygen atoms in total. The Morgan fingerprint density at radius 1 is 1.23 bits per heavy atom. The first kappa shape index (κ1) is 16.2. The monoisotopic (exact) mass is 371 g/mol. The first-order chi connectivity index (χ1) is 12.6. The van der Waals surface area contributed by atoms with Gasteiger partial charge in [-0.1, -0.05) is 11.8 Å². The minimum atomic E-state index is -0.471. The van der Waals surface area contributed by atoms with Gasteiger partial charge in [-0.15, -0.1) is 10.2 Å². The molecule has 3 heterocycles. The molecule has 0 saturated heterocycles. The molecule has 0 unspecified atom stereocenters. The fourth-order valence-corrected chi connectivity index (χ4v) is 3.00. The van der Waals surface area contributed by atoms with Gasteiger partial charge in [-0.3, -0.25) is 4.79 Å². The molecule has 0 aliphatic rings. The number of nitrogens with zero attached hydrogens (tertiary/aromatic N) is 2. The highest BCUT2D eigenvalue weighted by molar-refractivity contribution is 8.00. The molecule has 3 N–H and O–H groups in total. The summed E-state index contributed by atoms with van der Waals surface area (Å²) in [6, 6.07) is 8.54. The second kappa shape index (κ2) is 6.56. The Balaban J connectivity index is 1.43. The van der Waals surface area contributed by atoms with E-state index in [1.54, 1.807) is 37.3 Å². The molecule has 26 heavy (non-hydrogen) atoms. The lowest BCUT2D eigenvalue weighted by Gasteiger charge is -2.09. The number of furan rings is 1. The molecule has 1 amide bonds. The van der Waals surface area contributed by atoms with Crippen LogP contribution in [-0.4, -0.2) is 31.3 Å². The van der Waals surface area contributed by atoms with Crippen molar-refractivity contribution >= 4 is 34.4 Å². The van der Waals surface area contributed by atoms with Gasteiger partial charge in [-0.2, -0.15) is 0 Å². The van der Waals surface area contributed by atoms with Crippen molar-refractivity contribution in [1.29, 1.82) is 0 Å². The Labute approximate surface area is 150 Å². The molecule has 0 fully saturated rings. The highest BCUT2D eigenvalue weighted by Gasteiger charge is 2.19. The molecule has 1 atom stereocenters. The number of hydrogen-bond acceptors (Lipinski definition) is 7. The Morgan fingerprint density at radius 2 is 2.08 bits per heavy atom. The summed E-state index contributed by atoms with van der Waals surface area (Å²) in [6.07, 6.45) is 1.51. The maximum atomic E-state index is 12.4.